The summed E-state index contributed by atoms with van der Waals surface area (Å²) < 4.78 is 5.55. The molecule has 3 heteroatoms. The van der Waals surface area contributed by atoms with Crippen LogP contribution in [0.1, 0.15) is 26.7 Å². The Morgan fingerprint density at radius 1 is 0.923 bits per heavy atom. The topological polar surface area (TPSA) is 61.3 Å². The molecule has 0 heterocycles. The van der Waals surface area contributed by atoms with Gasteiger partial charge in [0.2, 0.25) is 0 Å². The normalized spacial score (nSPS) is 15.7. The van der Waals surface area contributed by atoms with E-state index in [2.05, 4.69) is 13.8 Å². The second-order valence-electron chi connectivity index (χ2n) is 3.90. The number of ether oxygens (including phenoxy) is 1. The van der Waals surface area contributed by atoms with Gasteiger partial charge < -0.3 is 16.2 Å². The minimum absolute atomic E-state index is 0.579. The summed E-state index contributed by atoms with van der Waals surface area (Å²) in [6, 6.07) is 0. The maximum absolute atomic E-state index is 5.55. The Kier molecular flexibility index (Phi) is 8.40. The van der Waals surface area contributed by atoms with Gasteiger partial charge in [-0.15, -0.1) is 0 Å². The fraction of sp³-hybridized carbons (Fsp3) is 1.00. The molecule has 4 N–H and O–H groups in total. The van der Waals surface area contributed by atoms with Crippen molar-refractivity contribution in [2.24, 2.45) is 23.3 Å². The molecule has 0 aliphatic carbocycles. The van der Waals surface area contributed by atoms with Crippen molar-refractivity contribution in [2.45, 2.75) is 26.7 Å². The van der Waals surface area contributed by atoms with E-state index < -0.39 is 0 Å². The van der Waals surface area contributed by atoms with E-state index in [0.717, 1.165) is 39.1 Å². The first-order valence-corrected chi connectivity index (χ1v) is 5.18. The predicted octanol–water partition coefficient (Wildman–Crippen LogP) is 0.973. The van der Waals surface area contributed by atoms with Crippen LogP contribution in [0.3, 0.4) is 0 Å². The quantitative estimate of drug-likeness (QED) is 0.597. The molecule has 2 atom stereocenters. The average molecular weight is 188 g/mol. The van der Waals surface area contributed by atoms with Crippen LogP contribution in [0, 0.1) is 11.8 Å². The molecule has 0 rings (SSSR count). The van der Waals surface area contributed by atoms with Crippen molar-refractivity contribution in [1.82, 2.24) is 0 Å². The maximum atomic E-state index is 5.55. The third kappa shape index (κ3) is 8.22. The molecule has 80 valence electrons. The van der Waals surface area contributed by atoms with Crippen LogP contribution in [-0.4, -0.2) is 26.3 Å². The molecule has 0 aromatic rings. The lowest BCUT2D eigenvalue weighted by molar-refractivity contribution is 0.0767. The minimum Gasteiger partial charge on any atom is -0.381 e. The predicted molar refractivity (Wildman–Crippen MR) is 56.5 cm³/mol. The van der Waals surface area contributed by atoms with Crippen molar-refractivity contribution in [1.29, 1.82) is 0 Å². The van der Waals surface area contributed by atoms with E-state index >= 15 is 0 Å². The molecule has 0 spiro atoms. The monoisotopic (exact) mass is 188 g/mol. The maximum Gasteiger partial charge on any atom is 0.0492 e. The summed E-state index contributed by atoms with van der Waals surface area (Å²) in [5.41, 5.74) is 10.9. The zero-order chi connectivity index (χ0) is 10.1. The van der Waals surface area contributed by atoms with Gasteiger partial charge >= 0.3 is 0 Å². The molecule has 2 unspecified atom stereocenters. The largest absolute Gasteiger partial charge is 0.381 e. The summed E-state index contributed by atoms with van der Waals surface area (Å²) in [6.07, 6.45) is 2.09. The molecule has 0 fully saturated rings. The minimum atomic E-state index is 0.579. The molecular weight excluding hydrogens is 164 g/mol. The zero-order valence-electron chi connectivity index (χ0n) is 8.96. The molecule has 0 saturated carbocycles. The second-order valence-corrected chi connectivity index (χ2v) is 3.90. The van der Waals surface area contributed by atoms with Gasteiger partial charge in [0.1, 0.15) is 0 Å². The number of hydrogen-bond donors (Lipinski definition) is 2. The molecule has 0 bridgehead atoms. The summed E-state index contributed by atoms with van der Waals surface area (Å²) in [7, 11) is 0. The van der Waals surface area contributed by atoms with E-state index in [1.165, 1.54) is 0 Å². The second kappa shape index (κ2) is 8.48. The van der Waals surface area contributed by atoms with E-state index in [9.17, 15) is 0 Å². The average Bonchev–Trinajstić information content (AvgIpc) is 2.05. The number of rotatable bonds is 8. The summed E-state index contributed by atoms with van der Waals surface area (Å²) in [5.74, 6) is 1.16. The molecule has 0 radical (unpaired) electrons. The summed E-state index contributed by atoms with van der Waals surface area (Å²) in [4.78, 5) is 0. The summed E-state index contributed by atoms with van der Waals surface area (Å²) in [5, 5.41) is 0. The van der Waals surface area contributed by atoms with Gasteiger partial charge in [0.15, 0.2) is 0 Å². The Hall–Kier alpha value is -0.120. The summed E-state index contributed by atoms with van der Waals surface area (Å²) >= 11 is 0. The van der Waals surface area contributed by atoms with Gasteiger partial charge in [-0.1, -0.05) is 13.8 Å². The molecule has 0 aromatic carbocycles. The highest BCUT2D eigenvalue weighted by atomic mass is 16.5. The third-order valence-electron chi connectivity index (χ3n) is 2.12. The molecule has 3 nitrogen and oxygen atoms in total. The lowest BCUT2D eigenvalue weighted by Crippen LogP contribution is -2.16. The third-order valence-corrected chi connectivity index (χ3v) is 2.12. The molecular formula is C10H24N2O. The van der Waals surface area contributed by atoms with E-state index in [4.69, 9.17) is 16.2 Å². The van der Waals surface area contributed by atoms with Gasteiger partial charge in [-0.2, -0.15) is 0 Å². The zero-order valence-corrected chi connectivity index (χ0v) is 8.96. The first kappa shape index (κ1) is 12.9. The Bertz CT molecular complexity index is 97.1. The van der Waals surface area contributed by atoms with Gasteiger partial charge in [0.05, 0.1) is 0 Å². The Balaban J connectivity index is 3.23. The number of nitrogens with two attached hydrogens (primary N) is 2. The Morgan fingerprint density at radius 3 is 1.62 bits per heavy atom. The highest BCUT2D eigenvalue weighted by Crippen LogP contribution is 2.04. The van der Waals surface area contributed by atoms with Crippen LogP contribution >= 0.6 is 0 Å². The van der Waals surface area contributed by atoms with E-state index in [-0.39, 0.29) is 0 Å². The van der Waals surface area contributed by atoms with Crippen molar-refractivity contribution in [2.75, 3.05) is 26.3 Å². The molecule has 0 saturated heterocycles. The molecule has 0 aromatic heterocycles. The van der Waals surface area contributed by atoms with Crippen molar-refractivity contribution in [3.05, 3.63) is 0 Å². The molecule has 13 heavy (non-hydrogen) atoms. The Morgan fingerprint density at radius 2 is 1.31 bits per heavy atom. The summed E-state index contributed by atoms with van der Waals surface area (Å²) in [6.45, 7) is 7.49. The first-order valence-electron chi connectivity index (χ1n) is 5.18. The van der Waals surface area contributed by atoms with Crippen LogP contribution in [0.25, 0.3) is 0 Å². The smallest absolute Gasteiger partial charge is 0.0492 e. The fourth-order valence-electron chi connectivity index (χ4n) is 1.21. The fourth-order valence-corrected chi connectivity index (χ4v) is 1.21. The van der Waals surface area contributed by atoms with E-state index in [1.807, 2.05) is 0 Å². The lowest BCUT2D eigenvalue weighted by Gasteiger charge is -2.14. The van der Waals surface area contributed by atoms with Gasteiger partial charge in [0, 0.05) is 13.2 Å². The van der Waals surface area contributed by atoms with Gasteiger partial charge in [0.25, 0.3) is 0 Å². The molecule has 0 aliphatic heterocycles. The SMILES string of the molecule is CC(CCN)COCC(C)CCN. The van der Waals surface area contributed by atoms with Crippen LogP contribution in [0.2, 0.25) is 0 Å². The van der Waals surface area contributed by atoms with Gasteiger partial charge in [-0.3, -0.25) is 0 Å². The van der Waals surface area contributed by atoms with Crippen molar-refractivity contribution >= 4 is 0 Å². The van der Waals surface area contributed by atoms with Crippen LogP contribution in [0.15, 0.2) is 0 Å². The van der Waals surface area contributed by atoms with Crippen molar-refractivity contribution in [3.63, 3.8) is 0 Å². The molecule has 0 amide bonds. The van der Waals surface area contributed by atoms with Gasteiger partial charge in [-0.05, 0) is 37.8 Å². The van der Waals surface area contributed by atoms with Crippen molar-refractivity contribution in [3.8, 4) is 0 Å². The highest BCUT2D eigenvalue weighted by Gasteiger charge is 2.03. The van der Waals surface area contributed by atoms with Crippen LogP contribution in [0.5, 0.6) is 0 Å². The first-order chi connectivity index (χ1) is 6.20. The van der Waals surface area contributed by atoms with E-state index in [1.54, 1.807) is 0 Å². The lowest BCUT2D eigenvalue weighted by atomic mass is 10.1. The van der Waals surface area contributed by atoms with Crippen LogP contribution in [0.4, 0.5) is 0 Å². The van der Waals surface area contributed by atoms with Crippen LogP contribution in [-0.2, 0) is 4.74 Å². The Labute approximate surface area is 81.8 Å². The van der Waals surface area contributed by atoms with Crippen LogP contribution < -0.4 is 11.5 Å². The molecule has 0 aliphatic rings. The van der Waals surface area contributed by atoms with E-state index in [0.29, 0.717) is 11.8 Å². The van der Waals surface area contributed by atoms with Crippen molar-refractivity contribution < 1.29 is 4.74 Å². The standard InChI is InChI=1S/C10H24N2O/c1-9(3-5-11)7-13-8-10(2)4-6-12/h9-10H,3-8,11-12H2,1-2H3. The highest BCUT2D eigenvalue weighted by molar-refractivity contribution is 4.54. The van der Waals surface area contributed by atoms with Gasteiger partial charge in [-0.25, -0.2) is 0 Å². The number of hydrogen-bond acceptors (Lipinski definition) is 3.